The van der Waals surface area contributed by atoms with Crippen LogP contribution in [0.5, 0.6) is 0 Å². The van der Waals surface area contributed by atoms with Gasteiger partial charge in [0, 0.05) is 5.69 Å². The number of aryl methyl sites for hydroxylation is 1. The first-order chi connectivity index (χ1) is 10.4. The van der Waals surface area contributed by atoms with Crippen LogP contribution in [0, 0.1) is 18.6 Å². The van der Waals surface area contributed by atoms with Crippen molar-refractivity contribution >= 4 is 17.6 Å². The number of carbonyl (C=O) groups excluding carboxylic acids is 2. The predicted molar refractivity (Wildman–Crippen MR) is 76.8 cm³/mol. The molecule has 2 aromatic carbocycles. The van der Waals surface area contributed by atoms with Crippen LogP contribution in [0.4, 0.5) is 14.5 Å². The molecule has 6 heteroatoms. The highest BCUT2D eigenvalue weighted by Gasteiger charge is 2.18. The summed E-state index contributed by atoms with van der Waals surface area (Å²) in [4.78, 5) is 23.5. The van der Waals surface area contributed by atoms with Crippen molar-refractivity contribution in [1.29, 1.82) is 0 Å². The molecule has 0 bridgehead atoms. The number of amides is 1. The molecule has 2 rings (SSSR count). The average Bonchev–Trinajstić information content (AvgIpc) is 2.48. The SMILES string of the molecule is COC(=O)c1ccc(C)c(NC(=O)c2c(F)cccc2F)c1. The molecule has 114 valence electrons. The highest BCUT2D eigenvalue weighted by molar-refractivity contribution is 6.05. The van der Waals surface area contributed by atoms with E-state index in [0.717, 1.165) is 12.1 Å². The van der Waals surface area contributed by atoms with Gasteiger partial charge >= 0.3 is 5.97 Å². The fourth-order valence-electron chi connectivity index (χ4n) is 1.90. The first-order valence-corrected chi connectivity index (χ1v) is 6.38. The third-order valence-electron chi connectivity index (χ3n) is 3.10. The Bertz CT molecular complexity index is 724. The molecule has 0 unspecified atom stereocenters. The van der Waals surface area contributed by atoms with Crippen LogP contribution in [0.15, 0.2) is 36.4 Å². The van der Waals surface area contributed by atoms with Crippen LogP contribution in [0.25, 0.3) is 0 Å². The van der Waals surface area contributed by atoms with Crippen molar-refractivity contribution < 1.29 is 23.1 Å². The average molecular weight is 305 g/mol. The molecule has 0 radical (unpaired) electrons. The molecule has 0 fully saturated rings. The number of benzene rings is 2. The number of esters is 1. The highest BCUT2D eigenvalue weighted by Crippen LogP contribution is 2.20. The van der Waals surface area contributed by atoms with Crippen molar-refractivity contribution in [2.75, 3.05) is 12.4 Å². The second-order valence-corrected chi connectivity index (χ2v) is 4.57. The van der Waals surface area contributed by atoms with Crippen LogP contribution < -0.4 is 5.32 Å². The van der Waals surface area contributed by atoms with Crippen molar-refractivity contribution in [2.45, 2.75) is 6.92 Å². The monoisotopic (exact) mass is 305 g/mol. The molecule has 0 saturated heterocycles. The van der Waals surface area contributed by atoms with Gasteiger partial charge in [-0.25, -0.2) is 13.6 Å². The van der Waals surface area contributed by atoms with Gasteiger partial charge in [0.05, 0.1) is 12.7 Å². The van der Waals surface area contributed by atoms with Crippen molar-refractivity contribution in [1.82, 2.24) is 0 Å². The zero-order valence-electron chi connectivity index (χ0n) is 11.9. The van der Waals surface area contributed by atoms with E-state index in [1.807, 2.05) is 0 Å². The summed E-state index contributed by atoms with van der Waals surface area (Å²) >= 11 is 0. The summed E-state index contributed by atoms with van der Waals surface area (Å²) in [6, 6.07) is 7.67. The minimum absolute atomic E-state index is 0.220. The van der Waals surface area contributed by atoms with Gasteiger partial charge in [-0.05, 0) is 36.8 Å². The fourth-order valence-corrected chi connectivity index (χ4v) is 1.90. The number of carbonyl (C=O) groups is 2. The van der Waals surface area contributed by atoms with E-state index in [-0.39, 0.29) is 11.3 Å². The largest absolute Gasteiger partial charge is 0.465 e. The Morgan fingerprint density at radius 2 is 1.73 bits per heavy atom. The molecular weight excluding hydrogens is 292 g/mol. The summed E-state index contributed by atoms with van der Waals surface area (Å²) in [5.41, 5.74) is 0.455. The van der Waals surface area contributed by atoms with Crippen molar-refractivity contribution in [3.8, 4) is 0 Å². The number of halogens is 2. The van der Waals surface area contributed by atoms with E-state index in [4.69, 9.17) is 0 Å². The maximum atomic E-state index is 13.6. The standard InChI is InChI=1S/C16H13F2NO3/c1-9-6-7-10(16(21)22-2)8-13(9)19-15(20)14-11(17)4-3-5-12(14)18/h3-8H,1-2H3,(H,19,20). The lowest BCUT2D eigenvalue weighted by Gasteiger charge is -2.11. The molecule has 0 heterocycles. The normalized spacial score (nSPS) is 10.2. The molecule has 0 aliphatic heterocycles. The van der Waals surface area contributed by atoms with Gasteiger partial charge in [-0.1, -0.05) is 12.1 Å². The third-order valence-corrected chi connectivity index (χ3v) is 3.10. The minimum Gasteiger partial charge on any atom is -0.465 e. The summed E-state index contributed by atoms with van der Waals surface area (Å²) in [5.74, 6) is -3.42. The summed E-state index contributed by atoms with van der Waals surface area (Å²) in [6.45, 7) is 1.69. The molecule has 0 aliphatic rings. The smallest absolute Gasteiger partial charge is 0.337 e. The predicted octanol–water partition coefficient (Wildman–Crippen LogP) is 3.31. The van der Waals surface area contributed by atoms with Crippen molar-refractivity contribution in [3.05, 3.63) is 64.7 Å². The van der Waals surface area contributed by atoms with Gasteiger partial charge in [-0.2, -0.15) is 0 Å². The van der Waals surface area contributed by atoms with E-state index in [1.54, 1.807) is 13.0 Å². The van der Waals surface area contributed by atoms with E-state index >= 15 is 0 Å². The van der Waals surface area contributed by atoms with Crippen LogP contribution >= 0.6 is 0 Å². The quantitative estimate of drug-likeness (QED) is 0.885. The zero-order chi connectivity index (χ0) is 16.3. The number of anilines is 1. The lowest BCUT2D eigenvalue weighted by molar-refractivity contribution is 0.0600. The van der Waals surface area contributed by atoms with Crippen LogP contribution in [0.1, 0.15) is 26.3 Å². The maximum Gasteiger partial charge on any atom is 0.337 e. The number of methoxy groups -OCH3 is 1. The summed E-state index contributed by atoms with van der Waals surface area (Å²) in [6.07, 6.45) is 0. The molecular formula is C16H13F2NO3. The first kappa shape index (κ1) is 15.6. The molecule has 4 nitrogen and oxygen atoms in total. The summed E-state index contributed by atoms with van der Waals surface area (Å²) < 4.78 is 31.8. The van der Waals surface area contributed by atoms with Gasteiger partial charge in [0.25, 0.3) is 5.91 Å². The van der Waals surface area contributed by atoms with Crippen molar-refractivity contribution in [3.63, 3.8) is 0 Å². The van der Waals surface area contributed by atoms with E-state index in [0.29, 0.717) is 5.56 Å². The second-order valence-electron chi connectivity index (χ2n) is 4.57. The number of nitrogens with one attached hydrogen (secondary N) is 1. The molecule has 0 spiro atoms. The molecule has 0 atom stereocenters. The number of rotatable bonds is 3. The van der Waals surface area contributed by atoms with Crippen LogP contribution in [0.3, 0.4) is 0 Å². The second kappa shape index (κ2) is 6.34. The number of hydrogen-bond donors (Lipinski definition) is 1. The Hall–Kier alpha value is -2.76. The molecule has 22 heavy (non-hydrogen) atoms. The summed E-state index contributed by atoms with van der Waals surface area (Å²) in [7, 11) is 1.23. The molecule has 1 N–H and O–H groups in total. The molecule has 2 aromatic rings. The van der Waals surface area contributed by atoms with Crippen LogP contribution in [-0.4, -0.2) is 19.0 Å². The van der Waals surface area contributed by atoms with Crippen molar-refractivity contribution in [2.24, 2.45) is 0 Å². The lowest BCUT2D eigenvalue weighted by atomic mass is 10.1. The molecule has 0 aromatic heterocycles. The van der Waals surface area contributed by atoms with E-state index in [2.05, 4.69) is 10.1 Å². The van der Waals surface area contributed by atoms with Crippen LogP contribution in [0.2, 0.25) is 0 Å². The lowest BCUT2D eigenvalue weighted by Crippen LogP contribution is -2.17. The van der Waals surface area contributed by atoms with Gasteiger partial charge in [0.2, 0.25) is 0 Å². The van der Waals surface area contributed by atoms with Crippen LogP contribution in [-0.2, 0) is 4.74 Å². The molecule has 0 aliphatic carbocycles. The molecule has 1 amide bonds. The van der Waals surface area contributed by atoms with E-state index < -0.39 is 29.1 Å². The Labute approximate surface area is 125 Å². The first-order valence-electron chi connectivity index (χ1n) is 6.38. The van der Waals surface area contributed by atoms with Gasteiger partial charge in [0.1, 0.15) is 17.2 Å². The van der Waals surface area contributed by atoms with Gasteiger partial charge in [-0.15, -0.1) is 0 Å². The Balaban J connectivity index is 2.34. The number of hydrogen-bond acceptors (Lipinski definition) is 3. The topological polar surface area (TPSA) is 55.4 Å². The van der Waals surface area contributed by atoms with Gasteiger partial charge in [0.15, 0.2) is 0 Å². The highest BCUT2D eigenvalue weighted by atomic mass is 19.1. The Morgan fingerprint density at radius 1 is 1.09 bits per heavy atom. The van der Waals surface area contributed by atoms with E-state index in [1.165, 1.54) is 25.3 Å². The Kier molecular flexibility index (Phi) is 4.50. The summed E-state index contributed by atoms with van der Waals surface area (Å²) in [5, 5.41) is 2.40. The molecule has 0 saturated carbocycles. The Morgan fingerprint density at radius 3 is 2.32 bits per heavy atom. The number of ether oxygens (including phenoxy) is 1. The maximum absolute atomic E-state index is 13.6. The van der Waals surface area contributed by atoms with E-state index in [9.17, 15) is 18.4 Å². The minimum atomic E-state index is -0.959. The van der Waals surface area contributed by atoms with Gasteiger partial charge < -0.3 is 10.1 Å². The fraction of sp³-hybridized carbons (Fsp3) is 0.125. The van der Waals surface area contributed by atoms with Gasteiger partial charge in [-0.3, -0.25) is 4.79 Å². The third kappa shape index (κ3) is 3.11. The zero-order valence-corrected chi connectivity index (χ0v) is 11.9.